The third-order valence-corrected chi connectivity index (χ3v) is 3.22. The van der Waals surface area contributed by atoms with Crippen LogP contribution in [-0.4, -0.2) is 13.7 Å². The van der Waals surface area contributed by atoms with Crippen LogP contribution < -0.4 is 9.47 Å². The summed E-state index contributed by atoms with van der Waals surface area (Å²) in [6.07, 6.45) is 3.35. The molecule has 0 spiro atoms. The fraction of sp³-hybridized carbons (Fsp3) is 0.429. The standard InChI is InChI=1S/C14H18O2/c1-4-10(2)11-8-12-13(15-3)6-5-7-14(12)16-9-11/h5-8,10H,4,9H2,1-3H3. The van der Waals surface area contributed by atoms with E-state index in [2.05, 4.69) is 19.9 Å². The van der Waals surface area contributed by atoms with E-state index in [-0.39, 0.29) is 0 Å². The van der Waals surface area contributed by atoms with Crippen LogP contribution in [0.15, 0.2) is 23.8 Å². The fourth-order valence-corrected chi connectivity index (χ4v) is 1.90. The van der Waals surface area contributed by atoms with Crippen LogP contribution in [0.4, 0.5) is 0 Å². The van der Waals surface area contributed by atoms with Gasteiger partial charge in [-0.2, -0.15) is 0 Å². The molecule has 1 aromatic rings. The lowest BCUT2D eigenvalue weighted by molar-refractivity contribution is 0.326. The summed E-state index contributed by atoms with van der Waals surface area (Å²) in [5.74, 6) is 2.38. The van der Waals surface area contributed by atoms with Crippen LogP contribution in [0.1, 0.15) is 25.8 Å². The molecule has 1 atom stereocenters. The molecule has 2 rings (SSSR count). The Balaban J connectivity index is 2.41. The predicted octanol–water partition coefficient (Wildman–Crippen LogP) is 3.52. The minimum atomic E-state index is 0.568. The van der Waals surface area contributed by atoms with Crippen LogP contribution in [0.5, 0.6) is 11.5 Å². The predicted molar refractivity (Wildman–Crippen MR) is 65.9 cm³/mol. The summed E-state index contributed by atoms with van der Waals surface area (Å²) >= 11 is 0. The molecule has 0 radical (unpaired) electrons. The van der Waals surface area contributed by atoms with E-state index in [1.165, 1.54) is 5.57 Å². The number of ether oxygens (including phenoxy) is 2. The first-order valence-corrected chi connectivity index (χ1v) is 5.76. The van der Waals surface area contributed by atoms with Crippen molar-refractivity contribution in [3.63, 3.8) is 0 Å². The molecule has 1 aliphatic rings. The molecule has 0 saturated carbocycles. The van der Waals surface area contributed by atoms with Crippen molar-refractivity contribution < 1.29 is 9.47 Å². The van der Waals surface area contributed by atoms with Gasteiger partial charge in [-0.05, 0) is 36.1 Å². The fourth-order valence-electron chi connectivity index (χ4n) is 1.90. The molecule has 0 aliphatic carbocycles. The maximum Gasteiger partial charge on any atom is 0.130 e. The largest absolute Gasteiger partial charge is 0.496 e. The van der Waals surface area contributed by atoms with Crippen molar-refractivity contribution in [2.45, 2.75) is 20.3 Å². The van der Waals surface area contributed by atoms with Crippen molar-refractivity contribution in [1.29, 1.82) is 0 Å². The third-order valence-electron chi connectivity index (χ3n) is 3.22. The van der Waals surface area contributed by atoms with Gasteiger partial charge in [-0.3, -0.25) is 0 Å². The van der Waals surface area contributed by atoms with E-state index < -0.39 is 0 Å². The Morgan fingerprint density at radius 1 is 1.44 bits per heavy atom. The molecular formula is C14H18O2. The second-order valence-electron chi connectivity index (χ2n) is 4.19. The van der Waals surface area contributed by atoms with Crippen molar-refractivity contribution >= 4 is 6.08 Å². The number of hydrogen-bond donors (Lipinski definition) is 0. The zero-order valence-corrected chi connectivity index (χ0v) is 10.1. The van der Waals surface area contributed by atoms with Gasteiger partial charge in [0, 0.05) is 0 Å². The summed E-state index contributed by atoms with van der Waals surface area (Å²) in [5.41, 5.74) is 2.42. The average molecular weight is 218 g/mol. The Kier molecular flexibility index (Phi) is 3.18. The Morgan fingerprint density at radius 2 is 2.25 bits per heavy atom. The number of rotatable bonds is 3. The average Bonchev–Trinajstić information content (AvgIpc) is 2.36. The topological polar surface area (TPSA) is 18.5 Å². The molecule has 1 aliphatic heterocycles. The van der Waals surface area contributed by atoms with Crippen LogP contribution in [0.3, 0.4) is 0 Å². The molecule has 0 fully saturated rings. The van der Waals surface area contributed by atoms with Gasteiger partial charge in [0.2, 0.25) is 0 Å². The minimum absolute atomic E-state index is 0.568. The SMILES string of the molecule is CCC(C)C1=Cc2c(OC)cccc2OC1. The van der Waals surface area contributed by atoms with Gasteiger partial charge in [-0.25, -0.2) is 0 Å². The molecule has 16 heavy (non-hydrogen) atoms. The maximum atomic E-state index is 5.75. The molecule has 2 heteroatoms. The summed E-state index contributed by atoms with van der Waals surface area (Å²) in [6.45, 7) is 5.13. The van der Waals surface area contributed by atoms with Crippen LogP contribution in [0.25, 0.3) is 6.08 Å². The maximum absolute atomic E-state index is 5.75. The first-order chi connectivity index (χ1) is 7.76. The summed E-state index contributed by atoms with van der Waals surface area (Å²) in [7, 11) is 1.70. The van der Waals surface area contributed by atoms with Gasteiger partial charge in [0.05, 0.1) is 12.7 Å². The third kappa shape index (κ3) is 1.92. The van der Waals surface area contributed by atoms with Crippen LogP contribution >= 0.6 is 0 Å². The van der Waals surface area contributed by atoms with Gasteiger partial charge in [-0.15, -0.1) is 0 Å². The van der Waals surface area contributed by atoms with Gasteiger partial charge in [0.1, 0.15) is 18.1 Å². The minimum Gasteiger partial charge on any atom is -0.496 e. The first-order valence-electron chi connectivity index (χ1n) is 5.76. The smallest absolute Gasteiger partial charge is 0.130 e. The van der Waals surface area contributed by atoms with Crippen molar-refractivity contribution in [1.82, 2.24) is 0 Å². The highest BCUT2D eigenvalue weighted by Crippen LogP contribution is 2.35. The Hall–Kier alpha value is -1.44. The monoisotopic (exact) mass is 218 g/mol. The van der Waals surface area contributed by atoms with Crippen LogP contribution in [-0.2, 0) is 0 Å². The van der Waals surface area contributed by atoms with Crippen molar-refractivity contribution in [3.8, 4) is 11.5 Å². The van der Waals surface area contributed by atoms with E-state index >= 15 is 0 Å². The number of methoxy groups -OCH3 is 1. The molecule has 86 valence electrons. The summed E-state index contributed by atoms with van der Waals surface area (Å²) < 4.78 is 11.1. The number of hydrogen-bond acceptors (Lipinski definition) is 2. The lowest BCUT2D eigenvalue weighted by Gasteiger charge is -2.22. The van der Waals surface area contributed by atoms with Crippen molar-refractivity contribution in [2.24, 2.45) is 5.92 Å². The summed E-state index contributed by atoms with van der Waals surface area (Å²) in [5, 5.41) is 0. The van der Waals surface area contributed by atoms with Gasteiger partial charge >= 0.3 is 0 Å². The highest BCUT2D eigenvalue weighted by molar-refractivity contribution is 5.68. The van der Waals surface area contributed by atoms with Gasteiger partial charge < -0.3 is 9.47 Å². The lowest BCUT2D eigenvalue weighted by atomic mass is 9.95. The molecule has 2 nitrogen and oxygen atoms in total. The molecule has 0 bridgehead atoms. The Morgan fingerprint density at radius 3 is 2.94 bits per heavy atom. The molecule has 0 saturated heterocycles. The van der Waals surface area contributed by atoms with Gasteiger partial charge in [-0.1, -0.05) is 19.9 Å². The highest BCUT2D eigenvalue weighted by Gasteiger charge is 2.17. The van der Waals surface area contributed by atoms with Gasteiger partial charge in [0.25, 0.3) is 0 Å². The van der Waals surface area contributed by atoms with Crippen LogP contribution in [0, 0.1) is 5.92 Å². The zero-order chi connectivity index (χ0) is 11.5. The second-order valence-corrected chi connectivity index (χ2v) is 4.19. The zero-order valence-electron chi connectivity index (χ0n) is 10.1. The Bertz CT molecular complexity index is 407. The lowest BCUT2D eigenvalue weighted by Crippen LogP contribution is -2.13. The molecule has 0 amide bonds. The van der Waals surface area contributed by atoms with Gasteiger partial charge in [0.15, 0.2) is 0 Å². The van der Waals surface area contributed by atoms with E-state index in [0.29, 0.717) is 12.5 Å². The van der Waals surface area contributed by atoms with E-state index in [9.17, 15) is 0 Å². The van der Waals surface area contributed by atoms with Crippen molar-refractivity contribution in [3.05, 3.63) is 29.3 Å². The van der Waals surface area contributed by atoms with E-state index in [0.717, 1.165) is 23.5 Å². The molecule has 1 heterocycles. The number of fused-ring (bicyclic) bond motifs is 1. The summed E-state index contributed by atoms with van der Waals surface area (Å²) in [4.78, 5) is 0. The molecule has 1 aromatic carbocycles. The molecular weight excluding hydrogens is 200 g/mol. The van der Waals surface area contributed by atoms with E-state index in [1.807, 2.05) is 18.2 Å². The van der Waals surface area contributed by atoms with Crippen LogP contribution in [0.2, 0.25) is 0 Å². The number of benzene rings is 1. The molecule has 0 N–H and O–H groups in total. The summed E-state index contributed by atoms with van der Waals surface area (Å²) in [6, 6.07) is 5.92. The van der Waals surface area contributed by atoms with E-state index in [4.69, 9.17) is 9.47 Å². The Labute approximate surface area is 96.9 Å². The second kappa shape index (κ2) is 4.60. The van der Waals surface area contributed by atoms with Crippen molar-refractivity contribution in [2.75, 3.05) is 13.7 Å². The highest BCUT2D eigenvalue weighted by atomic mass is 16.5. The quantitative estimate of drug-likeness (QED) is 0.772. The van der Waals surface area contributed by atoms with E-state index in [1.54, 1.807) is 7.11 Å². The molecule has 1 unspecified atom stereocenters. The normalized spacial score (nSPS) is 15.8. The molecule has 0 aromatic heterocycles. The first kappa shape index (κ1) is 11.1.